The molecule has 2 aliphatic rings. The Morgan fingerprint density at radius 2 is 2.00 bits per heavy atom. The molecule has 1 amide bonds. The number of hydrogen-bond acceptors (Lipinski definition) is 5. The van der Waals surface area contributed by atoms with Gasteiger partial charge in [-0.2, -0.15) is 0 Å². The number of aromatic nitrogens is 2. The van der Waals surface area contributed by atoms with E-state index < -0.39 is 5.91 Å². The molecule has 4 heterocycles. The SMILES string of the molecule is O=C1c2ncc3c(c(CNC4CCOCC4)cn3Cc3ccc(F)cc3)c2CCN1O. The van der Waals surface area contributed by atoms with Crippen LogP contribution in [0.5, 0.6) is 0 Å². The fraction of sp³-hybridized carbons (Fsp3) is 0.391. The lowest BCUT2D eigenvalue weighted by molar-refractivity contribution is -0.0606. The molecule has 2 aliphatic heterocycles. The number of nitrogens with one attached hydrogen (secondary N) is 1. The molecule has 3 aromatic rings. The van der Waals surface area contributed by atoms with Gasteiger partial charge < -0.3 is 14.6 Å². The maximum atomic E-state index is 13.3. The van der Waals surface area contributed by atoms with Gasteiger partial charge in [0.25, 0.3) is 5.91 Å². The van der Waals surface area contributed by atoms with E-state index in [0.29, 0.717) is 31.2 Å². The monoisotopic (exact) mass is 424 g/mol. The van der Waals surface area contributed by atoms with Crippen molar-refractivity contribution in [2.24, 2.45) is 0 Å². The number of amides is 1. The van der Waals surface area contributed by atoms with Crippen LogP contribution in [0.4, 0.5) is 4.39 Å². The lowest BCUT2D eigenvalue weighted by Gasteiger charge is -2.24. The molecule has 0 spiro atoms. The van der Waals surface area contributed by atoms with E-state index in [4.69, 9.17) is 4.74 Å². The van der Waals surface area contributed by atoms with E-state index in [1.165, 1.54) is 12.1 Å². The largest absolute Gasteiger partial charge is 0.381 e. The number of nitrogens with zero attached hydrogens (tertiary/aromatic N) is 3. The third-order valence-electron chi connectivity index (χ3n) is 6.18. The number of carbonyl (C=O) groups excluding carboxylic acids is 1. The number of carbonyl (C=O) groups is 1. The summed E-state index contributed by atoms with van der Waals surface area (Å²) in [6.07, 6.45) is 6.30. The van der Waals surface area contributed by atoms with E-state index in [0.717, 1.165) is 58.7 Å². The molecule has 7 nitrogen and oxygen atoms in total. The summed E-state index contributed by atoms with van der Waals surface area (Å²) in [6.45, 7) is 3.04. The number of hydrogen-bond donors (Lipinski definition) is 2. The van der Waals surface area contributed by atoms with Gasteiger partial charge in [0.05, 0.1) is 18.3 Å². The first kappa shape index (κ1) is 20.1. The molecule has 8 heteroatoms. The normalized spacial score (nSPS) is 17.4. The average Bonchev–Trinajstić information content (AvgIpc) is 3.15. The van der Waals surface area contributed by atoms with Gasteiger partial charge in [0.2, 0.25) is 0 Å². The Morgan fingerprint density at radius 3 is 2.77 bits per heavy atom. The van der Waals surface area contributed by atoms with Crippen LogP contribution >= 0.6 is 0 Å². The van der Waals surface area contributed by atoms with Gasteiger partial charge in [-0.25, -0.2) is 14.4 Å². The molecule has 162 valence electrons. The van der Waals surface area contributed by atoms with Crippen molar-refractivity contribution in [2.75, 3.05) is 19.8 Å². The molecule has 1 aromatic carbocycles. The predicted octanol–water partition coefficient (Wildman–Crippen LogP) is 2.88. The maximum absolute atomic E-state index is 13.3. The Bertz CT molecular complexity index is 1110. The van der Waals surface area contributed by atoms with Crippen molar-refractivity contribution in [1.82, 2.24) is 19.9 Å². The zero-order valence-corrected chi connectivity index (χ0v) is 17.2. The topological polar surface area (TPSA) is 79.6 Å². The fourth-order valence-corrected chi connectivity index (χ4v) is 4.52. The summed E-state index contributed by atoms with van der Waals surface area (Å²) in [5.41, 5.74) is 4.22. The molecule has 0 unspecified atom stereocenters. The lowest BCUT2D eigenvalue weighted by Crippen LogP contribution is -2.36. The molecular weight excluding hydrogens is 399 g/mol. The van der Waals surface area contributed by atoms with Crippen LogP contribution in [0.2, 0.25) is 0 Å². The van der Waals surface area contributed by atoms with Crippen molar-refractivity contribution in [3.05, 3.63) is 64.9 Å². The highest BCUT2D eigenvalue weighted by Crippen LogP contribution is 2.30. The molecule has 0 atom stereocenters. The van der Waals surface area contributed by atoms with Crippen LogP contribution in [0, 0.1) is 5.82 Å². The van der Waals surface area contributed by atoms with Crippen LogP contribution in [0.25, 0.3) is 10.9 Å². The summed E-state index contributed by atoms with van der Waals surface area (Å²) in [6, 6.07) is 6.88. The Balaban J connectivity index is 1.54. The average molecular weight is 424 g/mol. The van der Waals surface area contributed by atoms with Crippen LogP contribution < -0.4 is 5.32 Å². The summed E-state index contributed by atoms with van der Waals surface area (Å²) in [7, 11) is 0. The predicted molar refractivity (Wildman–Crippen MR) is 112 cm³/mol. The zero-order chi connectivity index (χ0) is 21.4. The number of halogens is 1. The molecule has 31 heavy (non-hydrogen) atoms. The number of hydroxylamine groups is 2. The number of fused-ring (bicyclic) bond motifs is 3. The van der Waals surface area contributed by atoms with Crippen molar-refractivity contribution in [3.63, 3.8) is 0 Å². The maximum Gasteiger partial charge on any atom is 0.296 e. The van der Waals surface area contributed by atoms with Crippen molar-refractivity contribution in [1.29, 1.82) is 0 Å². The molecular formula is C23H25FN4O3. The summed E-state index contributed by atoms with van der Waals surface area (Å²) in [5, 5.41) is 15.2. The minimum absolute atomic E-state index is 0.253. The highest BCUT2D eigenvalue weighted by Gasteiger charge is 2.28. The van der Waals surface area contributed by atoms with Gasteiger partial charge in [0, 0.05) is 43.9 Å². The van der Waals surface area contributed by atoms with Gasteiger partial charge >= 0.3 is 0 Å². The van der Waals surface area contributed by atoms with E-state index in [2.05, 4.69) is 21.1 Å². The molecule has 2 aromatic heterocycles. The van der Waals surface area contributed by atoms with Crippen molar-refractivity contribution >= 4 is 16.8 Å². The standard InChI is InChI=1S/C23H25FN4O3/c24-17-3-1-15(2-4-17)13-27-14-16(11-25-18-6-9-31-10-7-18)21-19-5-8-28(30)23(29)22(19)26-12-20(21)27/h1-4,12,14,18,25,30H,5-11,13H2. The smallest absolute Gasteiger partial charge is 0.296 e. The Kier molecular flexibility index (Phi) is 5.43. The second-order valence-electron chi connectivity index (χ2n) is 8.20. The summed E-state index contributed by atoms with van der Waals surface area (Å²) in [5.74, 6) is -0.719. The molecule has 1 fully saturated rings. The van der Waals surface area contributed by atoms with Crippen molar-refractivity contribution < 1.29 is 19.1 Å². The second kappa shape index (κ2) is 8.37. The molecule has 1 saturated heterocycles. The molecule has 2 N–H and O–H groups in total. The second-order valence-corrected chi connectivity index (χ2v) is 8.20. The van der Waals surface area contributed by atoms with E-state index >= 15 is 0 Å². The highest BCUT2D eigenvalue weighted by molar-refractivity contribution is 6.00. The number of benzene rings is 1. The first-order valence-corrected chi connectivity index (χ1v) is 10.7. The molecule has 0 aliphatic carbocycles. The van der Waals surface area contributed by atoms with E-state index in [-0.39, 0.29) is 12.4 Å². The van der Waals surface area contributed by atoms with Crippen LogP contribution in [0.3, 0.4) is 0 Å². The molecule has 5 rings (SSSR count). The minimum atomic E-state index is -0.460. The Hall–Kier alpha value is -2.81. The summed E-state index contributed by atoms with van der Waals surface area (Å²) < 4.78 is 20.9. The first-order valence-electron chi connectivity index (χ1n) is 10.7. The third kappa shape index (κ3) is 3.94. The number of pyridine rings is 1. The van der Waals surface area contributed by atoms with E-state index in [1.54, 1.807) is 18.3 Å². The molecule has 0 saturated carbocycles. The van der Waals surface area contributed by atoms with Crippen LogP contribution in [-0.4, -0.2) is 51.5 Å². The van der Waals surface area contributed by atoms with Crippen LogP contribution in [0.1, 0.15) is 40.0 Å². The van der Waals surface area contributed by atoms with Crippen LogP contribution in [0.15, 0.2) is 36.7 Å². The number of ether oxygens (including phenoxy) is 1. The first-order chi connectivity index (χ1) is 15.1. The third-order valence-corrected chi connectivity index (χ3v) is 6.18. The van der Waals surface area contributed by atoms with Crippen molar-refractivity contribution in [2.45, 2.75) is 38.4 Å². The fourth-order valence-electron chi connectivity index (χ4n) is 4.52. The van der Waals surface area contributed by atoms with Gasteiger partial charge in [0.15, 0.2) is 0 Å². The lowest BCUT2D eigenvalue weighted by atomic mass is 9.98. The molecule has 0 radical (unpaired) electrons. The highest BCUT2D eigenvalue weighted by atomic mass is 19.1. The molecule has 0 bridgehead atoms. The van der Waals surface area contributed by atoms with E-state index in [9.17, 15) is 14.4 Å². The van der Waals surface area contributed by atoms with Gasteiger partial charge in [-0.3, -0.25) is 10.0 Å². The van der Waals surface area contributed by atoms with E-state index in [1.807, 2.05) is 0 Å². The summed E-state index contributed by atoms with van der Waals surface area (Å²) >= 11 is 0. The Morgan fingerprint density at radius 1 is 1.23 bits per heavy atom. The van der Waals surface area contributed by atoms with Gasteiger partial charge in [0.1, 0.15) is 11.5 Å². The minimum Gasteiger partial charge on any atom is -0.381 e. The van der Waals surface area contributed by atoms with Gasteiger partial charge in [-0.05, 0) is 48.1 Å². The Labute approximate surface area is 179 Å². The zero-order valence-electron chi connectivity index (χ0n) is 17.2. The summed E-state index contributed by atoms with van der Waals surface area (Å²) in [4.78, 5) is 16.8. The quantitative estimate of drug-likeness (QED) is 0.616. The van der Waals surface area contributed by atoms with Crippen molar-refractivity contribution in [3.8, 4) is 0 Å². The van der Waals surface area contributed by atoms with Gasteiger partial charge in [-0.1, -0.05) is 12.1 Å². The van der Waals surface area contributed by atoms with Crippen LogP contribution in [-0.2, 0) is 24.2 Å². The van der Waals surface area contributed by atoms with Gasteiger partial charge in [-0.15, -0.1) is 0 Å². The number of rotatable bonds is 5.